The molecular weight excluding hydrogens is 502 g/mol. The van der Waals surface area contributed by atoms with Gasteiger partial charge in [0, 0.05) is 12.2 Å². The Hall–Kier alpha value is -3.87. The number of nitrogens with zero attached hydrogens (tertiary/aromatic N) is 1. The Labute approximate surface area is 238 Å². The maximum absolute atomic E-state index is 14.0. The number of ether oxygens (including phenoxy) is 1. The van der Waals surface area contributed by atoms with Gasteiger partial charge in [-0.25, -0.2) is 4.79 Å². The summed E-state index contributed by atoms with van der Waals surface area (Å²) in [5.74, 6) is -0.649. The van der Waals surface area contributed by atoms with Crippen molar-refractivity contribution in [3.8, 4) is 0 Å². The molecule has 7 nitrogen and oxygen atoms in total. The fraction of sp³-hybridized carbons (Fsp3) is 0.424. The number of hydrogen-bond acceptors (Lipinski definition) is 4. The lowest BCUT2D eigenvalue weighted by atomic mass is 9.96. The quantitative estimate of drug-likeness (QED) is 0.252. The zero-order chi connectivity index (χ0) is 29.3. The Kier molecular flexibility index (Phi) is 10.7. The van der Waals surface area contributed by atoms with Crippen LogP contribution in [0.3, 0.4) is 0 Å². The lowest BCUT2D eigenvalue weighted by Gasteiger charge is -2.33. The number of carbonyl (C=O) groups is 3. The van der Waals surface area contributed by atoms with Crippen LogP contribution in [-0.4, -0.2) is 41.5 Å². The van der Waals surface area contributed by atoms with Gasteiger partial charge >= 0.3 is 6.09 Å². The van der Waals surface area contributed by atoms with Gasteiger partial charge in [-0.05, 0) is 75.1 Å². The van der Waals surface area contributed by atoms with Gasteiger partial charge in [0.15, 0.2) is 0 Å². The highest BCUT2D eigenvalue weighted by molar-refractivity contribution is 6.00. The summed E-state index contributed by atoms with van der Waals surface area (Å²) in [6.07, 6.45) is 3.10. The molecule has 40 heavy (non-hydrogen) atoms. The highest BCUT2D eigenvalue weighted by atomic mass is 16.6. The third kappa shape index (κ3) is 8.83. The van der Waals surface area contributed by atoms with Crippen LogP contribution in [0.25, 0.3) is 10.8 Å². The first-order valence-electron chi connectivity index (χ1n) is 14.1. The normalized spacial score (nSPS) is 12.1. The molecule has 3 aromatic rings. The van der Waals surface area contributed by atoms with Crippen molar-refractivity contribution < 1.29 is 19.1 Å². The van der Waals surface area contributed by atoms with Crippen molar-refractivity contribution in [1.29, 1.82) is 0 Å². The second-order valence-electron chi connectivity index (χ2n) is 11.3. The van der Waals surface area contributed by atoms with Gasteiger partial charge in [0.25, 0.3) is 5.91 Å². The second-order valence-corrected chi connectivity index (χ2v) is 11.3. The van der Waals surface area contributed by atoms with E-state index in [0.29, 0.717) is 12.2 Å². The van der Waals surface area contributed by atoms with Crippen molar-refractivity contribution in [2.24, 2.45) is 0 Å². The Morgan fingerprint density at radius 1 is 0.900 bits per heavy atom. The van der Waals surface area contributed by atoms with Crippen LogP contribution in [0.5, 0.6) is 0 Å². The van der Waals surface area contributed by atoms with Gasteiger partial charge in [0.05, 0.1) is 0 Å². The number of aryl methyl sites for hydroxylation is 2. The minimum Gasteiger partial charge on any atom is -0.444 e. The van der Waals surface area contributed by atoms with Crippen molar-refractivity contribution in [2.75, 3.05) is 18.4 Å². The summed E-state index contributed by atoms with van der Waals surface area (Å²) in [5, 5.41) is 7.73. The number of rotatable bonds is 11. The first kappa shape index (κ1) is 30.7. The van der Waals surface area contributed by atoms with E-state index < -0.39 is 17.7 Å². The molecule has 3 amide bonds. The highest BCUT2D eigenvalue weighted by Gasteiger charge is 2.33. The predicted octanol–water partition coefficient (Wildman–Crippen LogP) is 7.07. The van der Waals surface area contributed by atoms with Crippen LogP contribution in [-0.2, 0) is 14.3 Å². The number of unbranched alkanes of at least 4 members (excludes halogenated alkanes) is 3. The van der Waals surface area contributed by atoms with Crippen LogP contribution in [0, 0.1) is 13.8 Å². The zero-order valence-corrected chi connectivity index (χ0v) is 24.7. The fourth-order valence-corrected chi connectivity index (χ4v) is 4.73. The molecule has 3 aromatic carbocycles. The molecule has 0 aliphatic carbocycles. The summed E-state index contributed by atoms with van der Waals surface area (Å²) >= 11 is 0. The van der Waals surface area contributed by atoms with E-state index in [2.05, 4.69) is 17.6 Å². The number of carbonyl (C=O) groups excluding carboxylic acids is 3. The van der Waals surface area contributed by atoms with Crippen LogP contribution in [0.15, 0.2) is 60.7 Å². The monoisotopic (exact) mass is 545 g/mol. The molecule has 0 aromatic heterocycles. The summed E-state index contributed by atoms with van der Waals surface area (Å²) in [4.78, 5) is 41.6. The molecule has 3 rings (SSSR count). The van der Waals surface area contributed by atoms with Crippen molar-refractivity contribution in [1.82, 2.24) is 10.2 Å². The van der Waals surface area contributed by atoms with Crippen molar-refractivity contribution in [3.05, 3.63) is 77.4 Å². The Morgan fingerprint density at radius 3 is 2.30 bits per heavy atom. The molecule has 2 N–H and O–H groups in total. The van der Waals surface area contributed by atoms with Gasteiger partial charge in [-0.2, -0.15) is 0 Å². The molecule has 0 spiro atoms. The molecular formula is C33H43N3O4. The lowest BCUT2D eigenvalue weighted by Crippen LogP contribution is -2.47. The van der Waals surface area contributed by atoms with Crippen LogP contribution in [0.1, 0.15) is 76.1 Å². The fourth-order valence-electron chi connectivity index (χ4n) is 4.73. The van der Waals surface area contributed by atoms with Crippen molar-refractivity contribution in [2.45, 2.75) is 78.9 Å². The van der Waals surface area contributed by atoms with E-state index in [-0.39, 0.29) is 18.4 Å². The zero-order valence-electron chi connectivity index (χ0n) is 24.7. The number of anilines is 1. The van der Waals surface area contributed by atoms with Crippen molar-refractivity contribution in [3.63, 3.8) is 0 Å². The van der Waals surface area contributed by atoms with Gasteiger partial charge in [-0.15, -0.1) is 0 Å². The Balaban J connectivity index is 1.94. The number of nitrogens with one attached hydrogen (secondary N) is 2. The summed E-state index contributed by atoms with van der Waals surface area (Å²) in [7, 11) is 0. The summed E-state index contributed by atoms with van der Waals surface area (Å²) in [6, 6.07) is 18.7. The molecule has 1 unspecified atom stereocenters. The second kappa shape index (κ2) is 14.0. The van der Waals surface area contributed by atoms with E-state index in [1.54, 1.807) is 25.7 Å². The van der Waals surface area contributed by atoms with Crippen LogP contribution in [0.2, 0.25) is 0 Å². The molecule has 0 radical (unpaired) electrons. The number of benzene rings is 3. The minimum atomic E-state index is -0.873. The maximum atomic E-state index is 14.0. The number of amides is 3. The van der Waals surface area contributed by atoms with E-state index in [0.717, 1.165) is 53.1 Å². The van der Waals surface area contributed by atoms with Gasteiger partial charge in [0.1, 0.15) is 18.2 Å². The molecule has 0 saturated carbocycles. The molecule has 0 heterocycles. The Bertz CT molecular complexity index is 1330. The number of hydrogen-bond donors (Lipinski definition) is 2. The third-order valence-corrected chi connectivity index (χ3v) is 6.65. The van der Waals surface area contributed by atoms with Gasteiger partial charge in [-0.1, -0.05) is 80.3 Å². The van der Waals surface area contributed by atoms with E-state index in [9.17, 15) is 14.4 Å². The first-order valence-corrected chi connectivity index (χ1v) is 14.1. The maximum Gasteiger partial charge on any atom is 0.408 e. The average Bonchev–Trinajstić information content (AvgIpc) is 2.88. The Morgan fingerprint density at radius 2 is 1.62 bits per heavy atom. The SMILES string of the molecule is CCCCCCN(C(=O)CNC(=O)OC(C)(C)C)C(C(=O)Nc1ccc2ccccc2c1)c1ccc(C)cc1C. The van der Waals surface area contributed by atoms with Crippen LogP contribution < -0.4 is 10.6 Å². The standard InChI is InChI=1S/C33H43N3O4/c1-7-8-9-12-19-36(29(37)22-34-32(39)40-33(4,5)6)30(28-18-15-23(2)20-24(28)3)31(38)35-27-17-16-25-13-10-11-14-26(25)21-27/h10-11,13-18,20-21,30H,7-9,12,19,22H2,1-6H3,(H,34,39)(H,35,38). The van der Waals surface area contributed by atoms with Gasteiger partial charge in [-0.3, -0.25) is 9.59 Å². The molecule has 7 heteroatoms. The smallest absolute Gasteiger partial charge is 0.408 e. The number of fused-ring (bicyclic) bond motifs is 1. The summed E-state index contributed by atoms with van der Waals surface area (Å²) < 4.78 is 5.32. The first-order chi connectivity index (χ1) is 19.0. The molecule has 0 bridgehead atoms. The topological polar surface area (TPSA) is 87.7 Å². The molecule has 0 aliphatic rings. The van der Waals surface area contributed by atoms with E-state index >= 15 is 0 Å². The molecule has 214 valence electrons. The molecule has 0 fully saturated rings. The summed E-state index contributed by atoms with van der Waals surface area (Å²) in [6.45, 7) is 11.5. The van der Waals surface area contributed by atoms with E-state index in [4.69, 9.17) is 4.74 Å². The van der Waals surface area contributed by atoms with Gasteiger partial charge < -0.3 is 20.3 Å². The van der Waals surface area contributed by atoms with Crippen LogP contribution >= 0.6 is 0 Å². The summed E-state index contributed by atoms with van der Waals surface area (Å²) in [5.41, 5.74) is 2.72. The van der Waals surface area contributed by atoms with E-state index in [1.807, 2.05) is 74.5 Å². The minimum absolute atomic E-state index is 0.270. The van der Waals surface area contributed by atoms with Crippen molar-refractivity contribution >= 4 is 34.4 Å². The molecule has 0 saturated heterocycles. The highest BCUT2D eigenvalue weighted by Crippen LogP contribution is 2.28. The largest absolute Gasteiger partial charge is 0.444 e. The molecule has 1 atom stereocenters. The van der Waals surface area contributed by atoms with Crippen LogP contribution in [0.4, 0.5) is 10.5 Å². The van der Waals surface area contributed by atoms with Gasteiger partial charge in [0.2, 0.25) is 5.91 Å². The molecule has 0 aliphatic heterocycles. The number of alkyl carbamates (subject to hydrolysis) is 1. The average molecular weight is 546 g/mol. The predicted molar refractivity (Wildman–Crippen MR) is 161 cm³/mol. The lowest BCUT2D eigenvalue weighted by molar-refractivity contribution is -0.138. The third-order valence-electron chi connectivity index (χ3n) is 6.65. The van der Waals surface area contributed by atoms with E-state index in [1.165, 1.54) is 0 Å².